The van der Waals surface area contributed by atoms with Gasteiger partial charge >= 0.3 is 0 Å². The Morgan fingerprint density at radius 3 is 1.65 bits per heavy atom. The van der Waals surface area contributed by atoms with Gasteiger partial charge in [-0.15, -0.1) is 0 Å². The third-order valence-electron chi connectivity index (χ3n) is 2.82. The van der Waals surface area contributed by atoms with Crippen molar-refractivity contribution in [1.82, 2.24) is 0 Å². The Balaban J connectivity index is 0.000000612. The zero-order valence-corrected chi connectivity index (χ0v) is 12.8. The minimum absolute atomic E-state index is 1.07. The highest BCUT2D eigenvalue weighted by Gasteiger charge is 2.06. The summed E-state index contributed by atoms with van der Waals surface area (Å²) in [7, 11) is 0. The maximum atomic E-state index is 4.20. The molecule has 0 heteroatoms. The van der Waals surface area contributed by atoms with E-state index in [1.165, 1.54) is 23.1 Å². The molecule has 0 fully saturated rings. The summed E-state index contributed by atoms with van der Waals surface area (Å²) in [5.74, 6) is 0. The molecule has 0 nitrogen and oxygen atoms in total. The van der Waals surface area contributed by atoms with Crippen LogP contribution in [-0.2, 0) is 0 Å². The first kappa shape index (κ1) is 16.0. The highest BCUT2D eigenvalue weighted by molar-refractivity contribution is 6.03. The molecule has 20 heavy (non-hydrogen) atoms. The van der Waals surface area contributed by atoms with Crippen molar-refractivity contribution in [3.05, 3.63) is 84.4 Å². The summed E-state index contributed by atoms with van der Waals surface area (Å²) in [5.41, 5.74) is 4.64. The molecular weight excluding hydrogens is 240 g/mol. The lowest BCUT2D eigenvalue weighted by atomic mass is 9.94. The molecule has 0 heterocycles. The fourth-order valence-electron chi connectivity index (χ4n) is 1.93. The van der Waals surface area contributed by atoms with Crippen LogP contribution in [-0.4, -0.2) is 0 Å². The van der Waals surface area contributed by atoms with E-state index < -0.39 is 0 Å². The molecule has 0 saturated heterocycles. The van der Waals surface area contributed by atoms with E-state index in [-0.39, 0.29) is 0 Å². The molecule has 0 aromatic heterocycles. The smallest absolute Gasteiger partial charge is 0.0154 e. The maximum Gasteiger partial charge on any atom is -0.0154 e. The number of allylic oxidation sites excluding steroid dienone is 3. The molecule has 104 valence electrons. The molecule has 0 aliphatic heterocycles. The van der Waals surface area contributed by atoms with E-state index in [2.05, 4.69) is 69.8 Å². The van der Waals surface area contributed by atoms with E-state index in [0.29, 0.717) is 0 Å². The average molecular weight is 264 g/mol. The van der Waals surface area contributed by atoms with Gasteiger partial charge in [-0.1, -0.05) is 93.6 Å². The summed E-state index contributed by atoms with van der Waals surface area (Å²) in [6.45, 7) is 10.5. The lowest BCUT2D eigenvalue weighted by Gasteiger charge is -2.11. The van der Waals surface area contributed by atoms with Crippen LogP contribution in [0.2, 0.25) is 0 Å². The van der Waals surface area contributed by atoms with Crippen molar-refractivity contribution in [3.8, 4) is 0 Å². The Bertz CT molecular complexity index is 533. The van der Waals surface area contributed by atoms with Gasteiger partial charge in [0, 0.05) is 0 Å². The van der Waals surface area contributed by atoms with Gasteiger partial charge in [0.25, 0.3) is 0 Å². The number of hydrogen-bond donors (Lipinski definition) is 0. The molecule has 0 unspecified atom stereocenters. The van der Waals surface area contributed by atoms with E-state index in [9.17, 15) is 0 Å². The highest BCUT2D eigenvalue weighted by atomic mass is 14.1. The Hall–Kier alpha value is -2.08. The van der Waals surface area contributed by atoms with Crippen LogP contribution in [0.1, 0.15) is 38.3 Å². The van der Waals surface area contributed by atoms with Crippen LogP contribution in [0.15, 0.2) is 73.3 Å². The predicted octanol–water partition coefficient (Wildman–Crippen LogP) is 6.22. The third kappa shape index (κ3) is 4.55. The normalized spacial score (nSPS) is 10.4. The van der Waals surface area contributed by atoms with Crippen LogP contribution in [0.3, 0.4) is 0 Å². The van der Waals surface area contributed by atoms with Gasteiger partial charge < -0.3 is 0 Å². The van der Waals surface area contributed by atoms with E-state index >= 15 is 0 Å². The van der Waals surface area contributed by atoms with Crippen LogP contribution in [0.25, 0.3) is 11.1 Å². The van der Waals surface area contributed by atoms with Crippen molar-refractivity contribution in [2.75, 3.05) is 0 Å². The minimum Gasteiger partial charge on any atom is -0.0905 e. The first-order chi connectivity index (χ1) is 9.74. The van der Waals surface area contributed by atoms with Crippen molar-refractivity contribution < 1.29 is 0 Å². The quantitative estimate of drug-likeness (QED) is 0.577. The molecule has 0 radical (unpaired) electrons. The van der Waals surface area contributed by atoms with Crippen LogP contribution in [0.5, 0.6) is 0 Å². The Kier molecular flexibility index (Phi) is 7.13. The zero-order valence-electron chi connectivity index (χ0n) is 12.8. The largest absolute Gasteiger partial charge is 0.0905 e. The number of hydrogen-bond acceptors (Lipinski definition) is 0. The van der Waals surface area contributed by atoms with Crippen molar-refractivity contribution in [2.24, 2.45) is 0 Å². The molecule has 0 bridgehead atoms. The molecule has 0 amide bonds. The molecule has 0 N–H and O–H groups in total. The van der Waals surface area contributed by atoms with Gasteiger partial charge in [0.15, 0.2) is 0 Å². The summed E-state index contributed by atoms with van der Waals surface area (Å²) in [4.78, 5) is 0. The van der Waals surface area contributed by atoms with Gasteiger partial charge in [0.1, 0.15) is 0 Å². The molecule has 0 spiro atoms. The number of benzene rings is 2. The van der Waals surface area contributed by atoms with E-state index in [1.54, 1.807) is 0 Å². The highest BCUT2D eigenvalue weighted by Crippen LogP contribution is 2.29. The summed E-state index contributed by atoms with van der Waals surface area (Å²) in [5, 5.41) is 0. The van der Waals surface area contributed by atoms with Gasteiger partial charge in [-0.25, -0.2) is 0 Å². The van der Waals surface area contributed by atoms with Crippen LogP contribution in [0.4, 0.5) is 0 Å². The molecule has 0 atom stereocenters. The van der Waals surface area contributed by atoms with E-state index in [1.807, 2.05) is 24.3 Å². The molecule has 0 saturated carbocycles. The first-order valence-electron chi connectivity index (χ1n) is 7.21. The standard InChI is InChI=1S/C17H16.C3H8/c1-3-17(16-12-8-5-9-13-16)14(2)15-10-6-4-7-11-15;1-3-2/h3-13H,2H2,1H3;3H2,1-2H3/b17-3+;. The van der Waals surface area contributed by atoms with Crippen molar-refractivity contribution in [1.29, 1.82) is 0 Å². The van der Waals surface area contributed by atoms with E-state index in [4.69, 9.17) is 0 Å². The molecular formula is C20H24. The Labute approximate surface area is 123 Å². The SMILES string of the molecule is C=C(/C(=C\C)c1ccccc1)c1ccccc1.CCC. The van der Waals surface area contributed by atoms with Crippen molar-refractivity contribution in [2.45, 2.75) is 27.2 Å². The second-order valence-corrected chi connectivity index (χ2v) is 4.62. The first-order valence-corrected chi connectivity index (χ1v) is 7.21. The minimum atomic E-state index is 1.07. The van der Waals surface area contributed by atoms with Crippen LogP contribution >= 0.6 is 0 Å². The maximum absolute atomic E-state index is 4.20. The topological polar surface area (TPSA) is 0 Å². The second-order valence-electron chi connectivity index (χ2n) is 4.62. The monoisotopic (exact) mass is 264 g/mol. The van der Waals surface area contributed by atoms with Gasteiger partial charge in [0.05, 0.1) is 0 Å². The van der Waals surface area contributed by atoms with Crippen LogP contribution < -0.4 is 0 Å². The van der Waals surface area contributed by atoms with E-state index in [0.717, 1.165) is 5.57 Å². The lowest BCUT2D eigenvalue weighted by molar-refractivity contribution is 1.09. The average Bonchev–Trinajstić information content (AvgIpc) is 2.51. The summed E-state index contributed by atoms with van der Waals surface area (Å²) < 4.78 is 0. The zero-order chi connectivity index (χ0) is 14.8. The lowest BCUT2D eigenvalue weighted by Crippen LogP contribution is -1.88. The molecule has 0 aliphatic carbocycles. The Morgan fingerprint density at radius 2 is 1.25 bits per heavy atom. The molecule has 2 aromatic carbocycles. The second kappa shape index (κ2) is 8.92. The van der Waals surface area contributed by atoms with Gasteiger partial charge in [0.2, 0.25) is 0 Å². The summed E-state index contributed by atoms with van der Waals surface area (Å²) in [6.07, 6.45) is 3.37. The Morgan fingerprint density at radius 1 is 0.850 bits per heavy atom. The predicted molar refractivity (Wildman–Crippen MR) is 91.5 cm³/mol. The van der Waals surface area contributed by atoms with Gasteiger partial charge in [-0.2, -0.15) is 0 Å². The van der Waals surface area contributed by atoms with Gasteiger partial charge in [-0.05, 0) is 29.2 Å². The fraction of sp³-hybridized carbons (Fsp3) is 0.200. The fourth-order valence-corrected chi connectivity index (χ4v) is 1.93. The number of rotatable bonds is 3. The molecule has 2 aromatic rings. The third-order valence-corrected chi connectivity index (χ3v) is 2.82. The van der Waals surface area contributed by atoms with Crippen molar-refractivity contribution >= 4 is 11.1 Å². The molecule has 0 aliphatic rings. The van der Waals surface area contributed by atoms with Crippen molar-refractivity contribution in [3.63, 3.8) is 0 Å². The summed E-state index contributed by atoms with van der Waals surface area (Å²) >= 11 is 0. The van der Waals surface area contributed by atoms with Gasteiger partial charge in [-0.3, -0.25) is 0 Å². The summed E-state index contributed by atoms with van der Waals surface area (Å²) in [6, 6.07) is 20.7. The van der Waals surface area contributed by atoms with Crippen LogP contribution in [0, 0.1) is 0 Å². The molecule has 2 rings (SSSR count).